The first kappa shape index (κ1) is 12.4. The Balaban J connectivity index is 2.10. The third-order valence-corrected chi connectivity index (χ3v) is 3.22. The number of hydrogen-bond donors (Lipinski definition) is 0. The van der Waals surface area contributed by atoms with E-state index in [4.69, 9.17) is 4.74 Å². The van der Waals surface area contributed by atoms with E-state index in [9.17, 15) is 4.79 Å². The van der Waals surface area contributed by atoms with E-state index in [0.29, 0.717) is 12.1 Å². The van der Waals surface area contributed by atoms with Gasteiger partial charge in [-0.25, -0.2) is 9.78 Å². The van der Waals surface area contributed by atoms with Crippen LogP contribution in [0.3, 0.4) is 0 Å². The molecule has 2 heterocycles. The minimum Gasteiger partial charge on any atom is -0.464 e. The zero-order valence-electron chi connectivity index (χ0n) is 11.1. The number of imidazole rings is 1. The topological polar surface area (TPSA) is 43.6 Å². The fourth-order valence-corrected chi connectivity index (χ4v) is 2.28. The molecule has 1 aromatic carbocycles. The highest BCUT2D eigenvalue weighted by Crippen LogP contribution is 2.15. The molecule has 0 unspecified atom stereocenters. The van der Waals surface area contributed by atoms with Crippen LogP contribution in [0.15, 0.2) is 54.7 Å². The Hall–Kier alpha value is -2.62. The number of hydrogen-bond acceptors (Lipinski definition) is 3. The van der Waals surface area contributed by atoms with Gasteiger partial charge < -0.3 is 4.74 Å². The van der Waals surface area contributed by atoms with Gasteiger partial charge in [-0.3, -0.25) is 4.40 Å². The molecular formula is C16H14N2O2. The lowest BCUT2D eigenvalue weighted by Gasteiger charge is -2.07. The largest absolute Gasteiger partial charge is 0.464 e. The summed E-state index contributed by atoms with van der Waals surface area (Å²) in [6.45, 7) is 0. The third-order valence-electron chi connectivity index (χ3n) is 3.22. The van der Waals surface area contributed by atoms with E-state index in [2.05, 4.69) is 4.98 Å². The van der Waals surface area contributed by atoms with Gasteiger partial charge in [0.25, 0.3) is 0 Å². The molecule has 20 heavy (non-hydrogen) atoms. The normalized spacial score (nSPS) is 10.7. The van der Waals surface area contributed by atoms with E-state index in [1.54, 1.807) is 12.3 Å². The van der Waals surface area contributed by atoms with E-state index >= 15 is 0 Å². The van der Waals surface area contributed by atoms with Gasteiger partial charge in [0, 0.05) is 6.42 Å². The molecule has 0 amide bonds. The SMILES string of the molecule is COC(=O)c1cccc2cnc(Cc3ccccc3)n12. The highest BCUT2D eigenvalue weighted by Gasteiger charge is 2.14. The summed E-state index contributed by atoms with van der Waals surface area (Å²) in [5, 5.41) is 0. The van der Waals surface area contributed by atoms with E-state index in [-0.39, 0.29) is 5.97 Å². The van der Waals surface area contributed by atoms with Crippen molar-refractivity contribution in [2.24, 2.45) is 0 Å². The van der Waals surface area contributed by atoms with Gasteiger partial charge in [-0.05, 0) is 17.7 Å². The lowest BCUT2D eigenvalue weighted by molar-refractivity contribution is 0.0592. The van der Waals surface area contributed by atoms with Gasteiger partial charge in [0.05, 0.1) is 18.8 Å². The summed E-state index contributed by atoms with van der Waals surface area (Å²) in [6.07, 6.45) is 2.44. The smallest absolute Gasteiger partial charge is 0.355 e. The first-order chi connectivity index (χ1) is 9.79. The molecule has 0 atom stereocenters. The average Bonchev–Trinajstić information content (AvgIpc) is 2.91. The average molecular weight is 266 g/mol. The van der Waals surface area contributed by atoms with Crippen LogP contribution in [0, 0.1) is 0 Å². The van der Waals surface area contributed by atoms with Crippen LogP contribution in [-0.2, 0) is 11.2 Å². The van der Waals surface area contributed by atoms with Crippen LogP contribution in [0.4, 0.5) is 0 Å². The maximum Gasteiger partial charge on any atom is 0.355 e. The number of methoxy groups -OCH3 is 1. The van der Waals surface area contributed by atoms with E-state index in [0.717, 1.165) is 16.9 Å². The summed E-state index contributed by atoms with van der Waals surface area (Å²) in [6, 6.07) is 15.5. The third kappa shape index (κ3) is 2.16. The molecule has 0 aliphatic rings. The molecule has 0 radical (unpaired) electrons. The molecule has 4 nitrogen and oxygen atoms in total. The Kier molecular flexibility index (Phi) is 3.21. The molecule has 0 aliphatic carbocycles. The van der Waals surface area contributed by atoms with Crippen LogP contribution in [0.2, 0.25) is 0 Å². The van der Waals surface area contributed by atoms with Gasteiger partial charge in [-0.1, -0.05) is 36.4 Å². The number of fused-ring (bicyclic) bond motifs is 1. The summed E-state index contributed by atoms with van der Waals surface area (Å²) in [5.41, 5.74) is 2.53. The fourth-order valence-electron chi connectivity index (χ4n) is 2.28. The Morgan fingerprint density at radius 2 is 1.95 bits per heavy atom. The Labute approximate surface area is 116 Å². The van der Waals surface area contributed by atoms with Crippen LogP contribution < -0.4 is 0 Å². The van der Waals surface area contributed by atoms with Gasteiger partial charge >= 0.3 is 5.97 Å². The number of benzene rings is 1. The number of carbonyl (C=O) groups is 1. The first-order valence-electron chi connectivity index (χ1n) is 6.37. The van der Waals surface area contributed by atoms with Crippen molar-refractivity contribution in [2.45, 2.75) is 6.42 Å². The number of nitrogens with zero attached hydrogens (tertiary/aromatic N) is 2. The molecule has 0 bridgehead atoms. The lowest BCUT2D eigenvalue weighted by Crippen LogP contribution is -2.10. The molecule has 0 spiro atoms. The number of carbonyl (C=O) groups excluding carboxylic acids is 1. The van der Waals surface area contributed by atoms with Crippen molar-refractivity contribution in [2.75, 3.05) is 7.11 Å². The quantitative estimate of drug-likeness (QED) is 0.685. The van der Waals surface area contributed by atoms with Crippen LogP contribution in [0.25, 0.3) is 5.52 Å². The van der Waals surface area contributed by atoms with Gasteiger partial charge in [0.15, 0.2) is 0 Å². The zero-order chi connectivity index (χ0) is 13.9. The minimum atomic E-state index is -0.358. The summed E-state index contributed by atoms with van der Waals surface area (Å²) < 4.78 is 6.68. The summed E-state index contributed by atoms with van der Waals surface area (Å²) in [5.74, 6) is 0.468. The number of esters is 1. The van der Waals surface area contributed by atoms with Crippen LogP contribution in [0.1, 0.15) is 21.9 Å². The number of pyridine rings is 1. The van der Waals surface area contributed by atoms with Crippen molar-refractivity contribution in [3.63, 3.8) is 0 Å². The second kappa shape index (κ2) is 5.17. The molecule has 0 fully saturated rings. The summed E-state index contributed by atoms with van der Waals surface area (Å²) in [4.78, 5) is 16.3. The molecule has 2 aromatic heterocycles. The lowest BCUT2D eigenvalue weighted by atomic mass is 10.1. The van der Waals surface area contributed by atoms with Crippen molar-refractivity contribution in [1.82, 2.24) is 9.38 Å². The van der Waals surface area contributed by atoms with Gasteiger partial charge in [0.2, 0.25) is 0 Å². The van der Waals surface area contributed by atoms with Crippen LogP contribution in [-0.4, -0.2) is 22.5 Å². The van der Waals surface area contributed by atoms with Crippen molar-refractivity contribution >= 4 is 11.5 Å². The second-order valence-corrected chi connectivity index (χ2v) is 4.50. The van der Waals surface area contributed by atoms with Crippen molar-refractivity contribution < 1.29 is 9.53 Å². The van der Waals surface area contributed by atoms with E-state index in [1.165, 1.54) is 7.11 Å². The highest BCUT2D eigenvalue weighted by molar-refractivity contribution is 5.88. The summed E-state index contributed by atoms with van der Waals surface area (Å²) in [7, 11) is 1.38. The van der Waals surface area contributed by atoms with Gasteiger partial charge in [0.1, 0.15) is 11.5 Å². The van der Waals surface area contributed by atoms with E-state index in [1.807, 2.05) is 46.9 Å². The molecule has 3 aromatic rings. The van der Waals surface area contributed by atoms with E-state index < -0.39 is 0 Å². The maximum absolute atomic E-state index is 11.9. The van der Waals surface area contributed by atoms with Crippen molar-refractivity contribution in [3.8, 4) is 0 Å². The maximum atomic E-state index is 11.9. The molecule has 0 N–H and O–H groups in total. The molecule has 100 valence electrons. The molecule has 0 aliphatic heterocycles. The standard InChI is InChI=1S/C16H14N2O2/c1-20-16(19)14-9-5-8-13-11-17-15(18(13)14)10-12-6-3-2-4-7-12/h2-9,11H,10H2,1H3. The second-order valence-electron chi connectivity index (χ2n) is 4.50. The molecule has 3 rings (SSSR count). The van der Waals surface area contributed by atoms with Crippen LogP contribution in [0.5, 0.6) is 0 Å². The Morgan fingerprint density at radius 1 is 1.15 bits per heavy atom. The minimum absolute atomic E-state index is 0.358. The molecule has 0 saturated heterocycles. The van der Waals surface area contributed by atoms with Gasteiger partial charge in [-0.2, -0.15) is 0 Å². The predicted octanol–water partition coefficient (Wildman–Crippen LogP) is 2.71. The molecule has 4 heteroatoms. The van der Waals surface area contributed by atoms with Crippen molar-refractivity contribution in [3.05, 3.63) is 71.8 Å². The highest BCUT2D eigenvalue weighted by atomic mass is 16.5. The molecule has 0 saturated carbocycles. The summed E-state index contributed by atoms with van der Waals surface area (Å²) >= 11 is 0. The predicted molar refractivity (Wildman–Crippen MR) is 75.8 cm³/mol. The number of rotatable bonds is 3. The Morgan fingerprint density at radius 3 is 2.70 bits per heavy atom. The first-order valence-corrected chi connectivity index (χ1v) is 6.37. The van der Waals surface area contributed by atoms with Crippen molar-refractivity contribution in [1.29, 1.82) is 0 Å². The molecular weight excluding hydrogens is 252 g/mol. The van der Waals surface area contributed by atoms with Gasteiger partial charge in [-0.15, -0.1) is 0 Å². The number of ether oxygens (including phenoxy) is 1. The Bertz CT molecular complexity index is 748. The fraction of sp³-hybridized carbons (Fsp3) is 0.125. The van der Waals surface area contributed by atoms with Crippen LogP contribution >= 0.6 is 0 Å². The zero-order valence-corrected chi connectivity index (χ0v) is 11.1. The monoisotopic (exact) mass is 266 g/mol. The number of aromatic nitrogens is 2.